The summed E-state index contributed by atoms with van der Waals surface area (Å²) in [5.41, 5.74) is 14.9. The number of hydrogen-bond acceptors (Lipinski definition) is 7. The molecule has 5 heterocycles. The van der Waals surface area contributed by atoms with Crippen LogP contribution in [0.2, 0.25) is 0 Å². The summed E-state index contributed by atoms with van der Waals surface area (Å²) in [7, 11) is 13.9. The molecule has 9 rings (SSSR count). The van der Waals surface area contributed by atoms with Crippen molar-refractivity contribution in [3.05, 3.63) is 144 Å². The zero-order chi connectivity index (χ0) is 46.5. The highest BCUT2D eigenvalue weighted by atomic mass is 79.9. The predicted octanol–water partition coefficient (Wildman–Crippen LogP) is 9.15. The van der Waals surface area contributed by atoms with Crippen LogP contribution < -0.4 is 35.9 Å². The zero-order valence-corrected chi connectivity index (χ0v) is 41.5. The summed E-state index contributed by atoms with van der Waals surface area (Å²) >= 11 is 0. The Morgan fingerprint density at radius 3 is 1.18 bits per heavy atom. The fraction of sp³-hybridized carbons (Fsp3) is 0.228. The molecule has 348 valence electrons. The van der Waals surface area contributed by atoms with E-state index in [4.69, 9.17) is 28.9 Å². The van der Waals surface area contributed by atoms with Gasteiger partial charge in [0.25, 0.3) is 0 Å². The molecule has 0 unspecified atom stereocenters. The van der Waals surface area contributed by atoms with Gasteiger partial charge in [0.2, 0.25) is 0 Å². The molecule has 68 heavy (non-hydrogen) atoms. The van der Waals surface area contributed by atoms with Gasteiger partial charge in [-0.15, -0.1) is 0 Å². The van der Waals surface area contributed by atoms with Gasteiger partial charge in [0, 0.05) is 63.7 Å². The van der Waals surface area contributed by atoms with Crippen molar-refractivity contribution in [2.24, 2.45) is 0 Å². The maximum atomic E-state index is 6.34. The lowest BCUT2D eigenvalue weighted by Gasteiger charge is -2.30. The highest BCUT2D eigenvalue weighted by Gasteiger charge is 2.21. The lowest BCUT2D eigenvalue weighted by Crippen LogP contribution is -3.00. The molecule has 0 amide bonds. The van der Waals surface area contributed by atoms with E-state index in [-0.39, 0.29) is 17.0 Å². The first-order valence-corrected chi connectivity index (χ1v) is 22.9. The van der Waals surface area contributed by atoms with Crippen LogP contribution in [0.15, 0.2) is 121 Å². The lowest BCUT2D eigenvalue weighted by molar-refractivity contribution is -0.890. The summed E-state index contributed by atoms with van der Waals surface area (Å²) in [6.07, 6.45) is 10.6. The lowest BCUT2D eigenvalue weighted by atomic mass is 10.0. The Balaban J connectivity index is 0.00000625. The second kappa shape index (κ2) is 20.9. The van der Waals surface area contributed by atoms with E-state index >= 15 is 0 Å². The Labute approximate surface area is 409 Å². The smallest absolute Gasteiger partial charge is 0.119 e. The Morgan fingerprint density at radius 1 is 0.441 bits per heavy atom. The first-order valence-electron chi connectivity index (χ1n) is 22.9. The van der Waals surface area contributed by atoms with E-state index < -0.39 is 0 Å². The van der Waals surface area contributed by atoms with Crippen LogP contribution in [0.3, 0.4) is 0 Å². The number of benzene rings is 4. The molecule has 0 atom stereocenters. The first-order chi connectivity index (χ1) is 32.6. The fourth-order valence-electron chi connectivity index (χ4n) is 9.02. The monoisotopic (exact) mass is 970 g/mol. The predicted molar refractivity (Wildman–Crippen MR) is 275 cm³/mol. The molecule has 2 aliphatic rings. The standard InChI is InChI=1S/C57H59N6O4.BrH/c1-62(2)34-8-35-63(3,4)36-9-37-67-45-24-16-41(17-25-45)57-52-32-30-50(60-52)55(39-12-20-43(65-6)21-13-39)48-28-26-46(58-48)54(38-10-18-42(64-5)19-11-38)47-27-29-49(59-47)56(51-31-33-53(57)61-51)40-14-22-44(66-7)23-15-40;/h10-33,58-59H,8-9,34-37H2,1-7H3;1H/q+1;/p-1. The second-order valence-electron chi connectivity index (χ2n) is 18.0. The van der Waals surface area contributed by atoms with Crippen molar-refractivity contribution in [2.45, 2.75) is 12.8 Å². The van der Waals surface area contributed by atoms with E-state index in [1.807, 2.05) is 36.4 Å². The van der Waals surface area contributed by atoms with E-state index in [1.54, 1.807) is 21.3 Å². The molecule has 3 aromatic heterocycles. The van der Waals surface area contributed by atoms with Crippen LogP contribution in [0.4, 0.5) is 0 Å². The van der Waals surface area contributed by atoms with Crippen LogP contribution >= 0.6 is 0 Å². The van der Waals surface area contributed by atoms with Crippen molar-refractivity contribution in [3.63, 3.8) is 0 Å². The van der Waals surface area contributed by atoms with E-state index in [2.05, 4.69) is 152 Å². The maximum absolute atomic E-state index is 6.34. The van der Waals surface area contributed by atoms with Gasteiger partial charge in [-0.05, 0) is 133 Å². The largest absolute Gasteiger partial charge is 1.00 e. The van der Waals surface area contributed by atoms with Crippen molar-refractivity contribution < 1.29 is 40.4 Å². The van der Waals surface area contributed by atoms with Gasteiger partial charge in [-0.1, -0.05) is 48.5 Å². The molecule has 0 fully saturated rings. The van der Waals surface area contributed by atoms with Gasteiger partial charge in [-0.25, -0.2) is 9.97 Å². The van der Waals surface area contributed by atoms with Crippen molar-refractivity contribution in [2.75, 3.05) is 75.8 Å². The topological polar surface area (TPSA) is 97.5 Å². The Bertz CT molecular complexity index is 2950. The van der Waals surface area contributed by atoms with E-state index in [1.165, 1.54) is 6.42 Å². The summed E-state index contributed by atoms with van der Waals surface area (Å²) in [5, 5.41) is 0. The average molecular weight is 972 g/mol. The number of halogens is 1. The molecular formula is C57H59BrN6O4. The van der Waals surface area contributed by atoms with Crippen LogP contribution in [0, 0.1) is 0 Å². The minimum absolute atomic E-state index is 0. The molecule has 11 heteroatoms. The molecule has 0 spiro atoms. The van der Waals surface area contributed by atoms with Gasteiger partial charge in [-0.3, -0.25) is 0 Å². The third kappa shape index (κ3) is 10.5. The fourth-order valence-corrected chi connectivity index (χ4v) is 9.02. The second-order valence-corrected chi connectivity index (χ2v) is 18.0. The SMILES string of the molecule is COc1ccc(-c2c3nc(c(-c4ccc(OCCC[N+](C)(C)CCCN(C)C)cc4)c4nc(c(-c5ccc(OC)cc5)c5ccc([nH]5)c(-c5ccc(OC)cc5)c5ccc2[nH]5)C=C4)C=C3)cc1.[Br-]. The number of nitrogens with zero attached hydrogens (tertiary/aromatic N) is 4. The minimum Gasteiger partial charge on any atom is -1.00 e. The van der Waals surface area contributed by atoms with Crippen molar-refractivity contribution in [1.82, 2.24) is 24.8 Å². The molecule has 0 saturated carbocycles. The van der Waals surface area contributed by atoms with Crippen molar-refractivity contribution in [3.8, 4) is 67.5 Å². The quantitative estimate of drug-likeness (QED) is 0.0737. The number of nitrogens with one attached hydrogen (secondary N) is 2. The highest BCUT2D eigenvalue weighted by Crippen LogP contribution is 2.39. The van der Waals surface area contributed by atoms with Gasteiger partial charge in [0.15, 0.2) is 0 Å². The van der Waals surface area contributed by atoms with Crippen LogP contribution in [0.5, 0.6) is 23.0 Å². The van der Waals surface area contributed by atoms with Gasteiger partial charge in [0.05, 0.1) is 77.9 Å². The highest BCUT2D eigenvalue weighted by molar-refractivity contribution is 6.00. The molecule has 8 bridgehead atoms. The van der Waals surface area contributed by atoms with Gasteiger partial charge in [0.1, 0.15) is 23.0 Å². The number of aromatic amines is 2. The maximum Gasteiger partial charge on any atom is 0.119 e. The molecule has 0 saturated heterocycles. The van der Waals surface area contributed by atoms with Gasteiger partial charge >= 0.3 is 0 Å². The Morgan fingerprint density at radius 2 is 0.779 bits per heavy atom. The summed E-state index contributed by atoms with van der Waals surface area (Å²) in [5.74, 6) is 3.19. The van der Waals surface area contributed by atoms with Crippen molar-refractivity contribution >= 4 is 46.4 Å². The Hall–Kier alpha value is -6.92. The number of rotatable bonds is 16. The van der Waals surface area contributed by atoms with E-state index in [0.29, 0.717) is 6.61 Å². The number of fused-ring (bicyclic) bond motifs is 8. The van der Waals surface area contributed by atoms with E-state index in [0.717, 1.165) is 143 Å². The molecule has 7 aromatic rings. The Kier molecular flexibility index (Phi) is 14.6. The summed E-state index contributed by atoms with van der Waals surface area (Å²) < 4.78 is 24.0. The van der Waals surface area contributed by atoms with Gasteiger partial charge < -0.3 is 55.3 Å². The third-order valence-corrected chi connectivity index (χ3v) is 12.6. The minimum atomic E-state index is 0. The third-order valence-electron chi connectivity index (χ3n) is 12.6. The van der Waals surface area contributed by atoms with Crippen molar-refractivity contribution in [1.29, 1.82) is 0 Å². The summed E-state index contributed by atoms with van der Waals surface area (Å²) in [6, 6.07) is 41.4. The molecule has 0 radical (unpaired) electrons. The number of H-pyrrole nitrogens is 2. The molecular weight excluding hydrogens is 913 g/mol. The normalized spacial score (nSPS) is 12.0. The van der Waals surface area contributed by atoms with Crippen LogP contribution in [-0.4, -0.2) is 105 Å². The van der Waals surface area contributed by atoms with Gasteiger partial charge in [-0.2, -0.15) is 0 Å². The first kappa shape index (κ1) is 47.6. The molecule has 4 aromatic carbocycles. The van der Waals surface area contributed by atoms with Crippen LogP contribution in [0.1, 0.15) is 35.6 Å². The van der Waals surface area contributed by atoms with Crippen LogP contribution in [0.25, 0.3) is 90.9 Å². The van der Waals surface area contributed by atoms with E-state index in [9.17, 15) is 0 Å². The number of ether oxygens (including phenoxy) is 4. The number of aromatic nitrogens is 4. The molecule has 2 aliphatic heterocycles. The molecule has 2 N–H and O–H groups in total. The molecule has 10 nitrogen and oxygen atoms in total. The summed E-state index contributed by atoms with van der Waals surface area (Å²) in [6.45, 7) is 3.95. The molecule has 0 aliphatic carbocycles. The average Bonchev–Trinajstić information content (AvgIpc) is 4.20. The summed E-state index contributed by atoms with van der Waals surface area (Å²) in [4.78, 5) is 20.8. The number of hydrogen-bond donors (Lipinski definition) is 2. The number of quaternary nitrogens is 1. The van der Waals surface area contributed by atoms with Crippen LogP contribution in [-0.2, 0) is 0 Å². The number of methoxy groups -OCH3 is 3. The zero-order valence-electron chi connectivity index (χ0n) is 39.9.